The highest BCUT2D eigenvalue weighted by molar-refractivity contribution is 6.43. The lowest BCUT2D eigenvalue weighted by Gasteiger charge is -2.01. The van der Waals surface area contributed by atoms with Crippen molar-refractivity contribution in [2.45, 2.75) is 0 Å². The zero-order valence-corrected chi connectivity index (χ0v) is 10.8. The van der Waals surface area contributed by atoms with Crippen molar-refractivity contribution < 1.29 is 0 Å². The van der Waals surface area contributed by atoms with Gasteiger partial charge in [-0.25, -0.2) is 4.98 Å². The Balaban J connectivity index is 2.22. The van der Waals surface area contributed by atoms with Crippen LogP contribution in [0.25, 0.3) is 16.9 Å². The van der Waals surface area contributed by atoms with Crippen LogP contribution < -0.4 is 5.73 Å². The largest absolute Gasteiger partial charge is 0.398 e. The third kappa shape index (κ3) is 1.82. The highest BCUT2D eigenvalue weighted by Gasteiger charge is 2.10. The molecule has 0 aliphatic rings. The molecular weight excluding hydrogens is 269 g/mol. The number of imidazole rings is 1. The number of nitrogens with zero attached hydrogens (tertiary/aromatic N) is 2. The zero-order valence-electron chi connectivity index (χ0n) is 9.27. The van der Waals surface area contributed by atoms with E-state index in [0.717, 1.165) is 16.9 Å². The van der Waals surface area contributed by atoms with Crippen molar-refractivity contribution in [3.63, 3.8) is 0 Å². The van der Waals surface area contributed by atoms with E-state index in [0.29, 0.717) is 15.7 Å². The summed E-state index contributed by atoms with van der Waals surface area (Å²) in [5, 5.41) is 1.03. The molecule has 0 unspecified atom stereocenters. The number of halogens is 2. The minimum Gasteiger partial charge on any atom is -0.398 e. The van der Waals surface area contributed by atoms with Gasteiger partial charge in [0.05, 0.1) is 15.7 Å². The molecule has 0 spiro atoms. The molecule has 0 atom stereocenters. The first-order chi connectivity index (χ1) is 8.65. The van der Waals surface area contributed by atoms with Gasteiger partial charge in [-0.3, -0.25) is 0 Å². The summed E-state index contributed by atoms with van der Waals surface area (Å²) in [6, 6.07) is 9.16. The second kappa shape index (κ2) is 4.19. The average Bonchev–Trinajstić information content (AvgIpc) is 2.75. The molecule has 90 valence electrons. The fraction of sp³-hybridized carbons (Fsp3) is 0. The van der Waals surface area contributed by atoms with Crippen LogP contribution in [0, 0.1) is 0 Å². The summed E-state index contributed by atoms with van der Waals surface area (Å²) in [4.78, 5) is 4.49. The second-order valence-corrected chi connectivity index (χ2v) is 4.74. The summed E-state index contributed by atoms with van der Waals surface area (Å²) in [5.41, 5.74) is 8.81. The molecule has 18 heavy (non-hydrogen) atoms. The third-order valence-electron chi connectivity index (χ3n) is 2.70. The Kier molecular flexibility index (Phi) is 2.65. The first-order valence-electron chi connectivity index (χ1n) is 5.34. The Hall–Kier alpha value is -1.71. The number of hydrogen-bond acceptors (Lipinski definition) is 2. The summed E-state index contributed by atoms with van der Waals surface area (Å²) in [7, 11) is 0. The SMILES string of the molecule is Nc1ccc2nc(-c3cccc(Cl)c3Cl)cn2c1. The molecule has 0 aliphatic carbocycles. The molecule has 5 heteroatoms. The van der Waals surface area contributed by atoms with Gasteiger partial charge in [0.2, 0.25) is 0 Å². The Morgan fingerprint density at radius 1 is 1.06 bits per heavy atom. The fourth-order valence-corrected chi connectivity index (χ4v) is 2.24. The van der Waals surface area contributed by atoms with E-state index in [4.69, 9.17) is 28.9 Å². The van der Waals surface area contributed by atoms with Crippen LogP contribution in [-0.2, 0) is 0 Å². The number of pyridine rings is 1. The summed E-state index contributed by atoms with van der Waals surface area (Å²) in [6.45, 7) is 0. The van der Waals surface area contributed by atoms with Crippen LogP contribution in [0.2, 0.25) is 10.0 Å². The van der Waals surface area contributed by atoms with Gasteiger partial charge in [0.15, 0.2) is 0 Å². The lowest BCUT2D eigenvalue weighted by Crippen LogP contribution is -1.88. The lowest BCUT2D eigenvalue weighted by atomic mass is 10.2. The van der Waals surface area contributed by atoms with E-state index in [2.05, 4.69) is 4.98 Å². The summed E-state index contributed by atoms with van der Waals surface area (Å²) in [6.07, 6.45) is 3.69. The van der Waals surface area contributed by atoms with Crippen molar-refractivity contribution in [2.24, 2.45) is 0 Å². The molecule has 2 N–H and O–H groups in total. The molecule has 2 aromatic heterocycles. The van der Waals surface area contributed by atoms with Crippen molar-refractivity contribution in [1.29, 1.82) is 0 Å². The minimum absolute atomic E-state index is 0.510. The fourth-order valence-electron chi connectivity index (χ4n) is 1.84. The van der Waals surface area contributed by atoms with Gasteiger partial charge in [0.1, 0.15) is 5.65 Å². The third-order valence-corrected chi connectivity index (χ3v) is 3.52. The van der Waals surface area contributed by atoms with Gasteiger partial charge in [-0.1, -0.05) is 35.3 Å². The van der Waals surface area contributed by atoms with E-state index < -0.39 is 0 Å². The molecule has 0 amide bonds. The van der Waals surface area contributed by atoms with Crippen LogP contribution in [0.1, 0.15) is 0 Å². The molecule has 0 aliphatic heterocycles. The van der Waals surface area contributed by atoms with Gasteiger partial charge in [-0.05, 0) is 18.2 Å². The van der Waals surface area contributed by atoms with Gasteiger partial charge < -0.3 is 10.1 Å². The molecule has 0 fully saturated rings. The number of anilines is 1. The number of rotatable bonds is 1. The molecule has 3 nitrogen and oxygen atoms in total. The zero-order chi connectivity index (χ0) is 12.7. The number of fused-ring (bicyclic) bond motifs is 1. The van der Waals surface area contributed by atoms with Crippen LogP contribution in [0.15, 0.2) is 42.7 Å². The maximum atomic E-state index is 6.18. The quantitative estimate of drug-likeness (QED) is 0.733. The van der Waals surface area contributed by atoms with Gasteiger partial charge in [-0.2, -0.15) is 0 Å². The highest BCUT2D eigenvalue weighted by Crippen LogP contribution is 2.32. The van der Waals surface area contributed by atoms with Crippen molar-refractivity contribution in [1.82, 2.24) is 9.38 Å². The van der Waals surface area contributed by atoms with E-state index in [1.54, 1.807) is 6.07 Å². The highest BCUT2D eigenvalue weighted by atomic mass is 35.5. The van der Waals surface area contributed by atoms with Crippen LogP contribution in [0.4, 0.5) is 5.69 Å². The van der Waals surface area contributed by atoms with E-state index in [1.807, 2.05) is 41.1 Å². The molecular formula is C13H9Cl2N3. The first-order valence-corrected chi connectivity index (χ1v) is 6.09. The van der Waals surface area contributed by atoms with Gasteiger partial charge in [-0.15, -0.1) is 0 Å². The predicted octanol–water partition coefficient (Wildman–Crippen LogP) is 3.89. The standard InChI is InChI=1S/C13H9Cl2N3/c14-10-3-1-2-9(13(10)15)11-7-18-6-8(16)4-5-12(18)17-11/h1-7H,16H2. The molecule has 3 rings (SSSR count). The topological polar surface area (TPSA) is 43.3 Å². The van der Waals surface area contributed by atoms with Crippen molar-refractivity contribution in [3.05, 3.63) is 52.8 Å². The Labute approximate surface area is 114 Å². The number of aromatic nitrogens is 2. The van der Waals surface area contributed by atoms with E-state index in [1.165, 1.54) is 0 Å². The van der Waals surface area contributed by atoms with Crippen LogP contribution in [-0.4, -0.2) is 9.38 Å². The lowest BCUT2D eigenvalue weighted by molar-refractivity contribution is 1.19. The number of benzene rings is 1. The predicted molar refractivity (Wildman–Crippen MR) is 75.1 cm³/mol. The summed E-state index contributed by atoms with van der Waals surface area (Å²) in [5.74, 6) is 0. The molecule has 0 radical (unpaired) electrons. The maximum absolute atomic E-state index is 6.18. The maximum Gasteiger partial charge on any atom is 0.137 e. The number of nitrogen functional groups attached to an aromatic ring is 1. The van der Waals surface area contributed by atoms with Crippen molar-refractivity contribution >= 4 is 34.5 Å². The Morgan fingerprint density at radius 3 is 2.72 bits per heavy atom. The first kappa shape index (κ1) is 11.4. The molecule has 2 heterocycles. The van der Waals surface area contributed by atoms with Crippen LogP contribution in [0.5, 0.6) is 0 Å². The molecule has 0 saturated carbocycles. The van der Waals surface area contributed by atoms with Crippen LogP contribution >= 0.6 is 23.2 Å². The Bertz CT molecular complexity index is 734. The van der Waals surface area contributed by atoms with Crippen molar-refractivity contribution in [2.75, 3.05) is 5.73 Å². The summed E-state index contributed by atoms with van der Waals surface area (Å²) < 4.78 is 1.86. The van der Waals surface area contributed by atoms with Gasteiger partial charge in [0, 0.05) is 23.6 Å². The van der Waals surface area contributed by atoms with Crippen molar-refractivity contribution in [3.8, 4) is 11.3 Å². The monoisotopic (exact) mass is 277 g/mol. The molecule has 1 aromatic carbocycles. The minimum atomic E-state index is 0.510. The van der Waals surface area contributed by atoms with Gasteiger partial charge >= 0.3 is 0 Å². The van der Waals surface area contributed by atoms with Gasteiger partial charge in [0.25, 0.3) is 0 Å². The van der Waals surface area contributed by atoms with E-state index in [-0.39, 0.29) is 0 Å². The Morgan fingerprint density at radius 2 is 1.89 bits per heavy atom. The molecule has 0 bridgehead atoms. The second-order valence-electron chi connectivity index (χ2n) is 3.96. The average molecular weight is 278 g/mol. The summed E-state index contributed by atoms with van der Waals surface area (Å²) >= 11 is 12.2. The normalized spacial score (nSPS) is 11.0. The number of nitrogens with two attached hydrogens (primary N) is 1. The van der Waals surface area contributed by atoms with Crippen LogP contribution in [0.3, 0.4) is 0 Å². The smallest absolute Gasteiger partial charge is 0.137 e. The van der Waals surface area contributed by atoms with E-state index in [9.17, 15) is 0 Å². The number of hydrogen-bond donors (Lipinski definition) is 1. The van der Waals surface area contributed by atoms with E-state index >= 15 is 0 Å². The molecule has 3 aromatic rings. The molecule has 0 saturated heterocycles.